The second-order valence-electron chi connectivity index (χ2n) is 5.70. The maximum atomic E-state index is 4.67. The normalized spacial score (nSPS) is 16.2. The van der Waals surface area contributed by atoms with Gasteiger partial charge in [-0.05, 0) is 19.5 Å². The fourth-order valence-electron chi connectivity index (χ4n) is 2.48. The lowest BCUT2D eigenvalue weighted by Crippen LogP contribution is -2.45. The average molecular weight is 301 g/mol. The zero-order valence-corrected chi connectivity index (χ0v) is 13.3. The van der Waals surface area contributed by atoms with Crippen LogP contribution in [0.25, 0.3) is 5.95 Å². The van der Waals surface area contributed by atoms with Gasteiger partial charge < -0.3 is 9.80 Å². The van der Waals surface area contributed by atoms with Crippen LogP contribution >= 0.6 is 0 Å². The molecule has 0 atom stereocenters. The van der Waals surface area contributed by atoms with E-state index in [-0.39, 0.29) is 0 Å². The SMILES string of the molecule is CCCCc1nc(N2CCN(C)CC2)nc(-n2cccn2)n1. The molecule has 1 aliphatic rings. The van der Waals surface area contributed by atoms with Gasteiger partial charge in [-0.1, -0.05) is 13.3 Å². The summed E-state index contributed by atoms with van der Waals surface area (Å²) in [6.07, 6.45) is 6.71. The number of unbranched alkanes of at least 4 members (excludes halogenated alkanes) is 1. The zero-order chi connectivity index (χ0) is 15.4. The van der Waals surface area contributed by atoms with Gasteiger partial charge in [0.25, 0.3) is 5.95 Å². The highest BCUT2D eigenvalue weighted by atomic mass is 15.4. The van der Waals surface area contributed by atoms with Gasteiger partial charge in [-0.15, -0.1) is 0 Å². The summed E-state index contributed by atoms with van der Waals surface area (Å²) in [4.78, 5) is 18.4. The largest absolute Gasteiger partial charge is 0.338 e. The summed E-state index contributed by atoms with van der Waals surface area (Å²) in [5, 5.41) is 4.24. The van der Waals surface area contributed by atoms with Crippen molar-refractivity contribution in [3.63, 3.8) is 0 Å². The van der Waals surface area contributed by atoms with E-state index in [0.29, 0.717) is 5.95 Å². The van der Waals surface area contributed by atoms with E-state index < -0.39 is 0 Å². The first-order chi connectivity index (χ1) is 10.8. The van der Waals surface area contributed by atoms with Crippen LogP contribution in [0.5, 0.6) is 0 Å². The van der Waals surface area contributed by atoms with Crippen molar-refractivity contribution in [3.05, 3.63) is 24.3 Å². The summed E-state index contributed by atoms with van der Waals surface area (Å²) in [5.41, 5.74) is 0. The summed E-state index contributed by atoms with van der Waals surface area (Å²) in [6.45, 7) is 6.15. The van der Waals surface area contributed by atoms with Crippen LogP contribution in [0, 0.1) is 0 Å². The Bertz CT molecular complexity index is 588. The lowest BCUT2D eigenvalue weighted by atomic mass is 10.2. The molecule has 3 heterocycles. The first-order valence-electron chi connectivity index (χ1n) is 7.94. The molecule has 0 bridgehead atoms. The van der Waals surface area contributed by atoms with Crippen LogP contribution in [-0.2, 0) is 6.42 Å². The fraction of sp³-hybridized carbons (Fsp3) is 0.600. The Morgan fingerprint density at radius 1 is 1.05 bits per heavy atom. The van der Waals surface area contributed by atoms with E-state index >= 15 is 0 Å². The highest BCUT2D eigenvalue weighted by Crippen LogP contribution is 2.14. The lowest BCUT2D eigenvalue weighted by molar-refractivity contribution is 0.311. The number of aryl methyl sites for hydroxylation is 1. The van der Waals surface area contributed by atoms with Crippen LogP contribution in [0.4, 0.5) is 5.95 Å². The van der Waals surface area contributed by atoms with Gasteiger partial charge in [0.2, 0.25) is 5.95 Å². The van der Waals surface area contributed by atoms with Crippen molar-refractivity contribution >= 4 is 5.95 Å². The van der Waals surface area contributed by atoms with Gasteiger partial charge in [0.1, 0.15) is 5.82 Å². The summed E-state index contributed by atoms with van der Waals surface area (Å²) in [7, 11) is 2.15. The Morgan fingerprint density at radius 2 is 1.82 bits per heavy atom. The molecule has 0 amide bonds. The molecule has 0 N–H and O–H groups in total. The summed E-state index contributed by atoms with van der Waals surface area (Å²) in [5.74, 6) is 2.25. The number of hydrogen-bond acceptors (Lipinski definition) is 6. The number of likely N-dealkylation sites (N-methyl/N-ethyl adjacent to an activating group) is 1. The molecule has 0 unspecified atom stereocenters. The van der Waals surface area contributed by atoms with Crippen molar-refractivity contribution in [1.82, 2.24) is 29.6 Å². The van der Waals surface area contributed by atoms with E-state index in [1.165, 1.54) is 0 Å². The van der Waals surface area contributed by atoms with Crippen molar-refractivity contribution in [1.29, 1.82) is 0 Å². The molecule has 0 spiro atoms. The standard InChI is InChI=1S/C15H23N7/c1-3-4-6-13-17-14(21-11-9-20(2)10-12-21)19-15(18-13)22-8-5-7-16-22/h5,7-8H,3-4,6,9-12H2,1-2H3. The number of anilines is 1. The van der Waals surface area contributed by atoms with Crippen molar-refractivity contribution in [2.75, 3.05) is 38.1 Å². The Labute approximate surface area is 131 Å². The van der Waals surface area contributed by atoms with Crippen LogP contribution in [0.2, 0.25) is 0 Å². The van der Waals surface area contributed by atoms with Gasteiger partial charge in [-0.25, -0.2) is 4.68 Å². The lowest BCUT2D eigenvalue weighted by Gasteiger charge is -2.32. The molecule has 7 heteroatoms. The van der Waals surface area contributed by atoms with Crippen LogP contribution in [-0.4, -0.2) is 62.9 Å². The molecule has 7 nitrogen and oxygen atoms in total. The summed E-state index contributed by atoms with van der Waals surface area (Å²) in [6, 6.07) is 1.88. The molecule has 1 aliphatic heterocycles. The molecule has 0 aliphatic carbocycles. The minimum Gasteiger partial charge on any atom is -0.338 e. The number of nitrogens with zero attached hydrogens (tertiary/aromatic N) is 7. The first-order valence-corrected chi connectivity index (χ1v) is 7.94. The predicted octanol–water partition coefficient (Wildman–Crippen LogP) is 1.15. The number of hydrogen-bond donors (Lipinski definition) is 0. The van der Waals surface area contributed by atoms with Crippen molar-refractivity contribution in [3.8, 4) is 5.95 Å². The van der Waals surface area contributed by atoms with Crippen LogP contribution < -0.4 is 4.90 Å². The molecule has 1 saturated heterocycles. The second-order valence-corrected chi connectivity index (χ2v) is 5.70. The van der Waals surface area contributed by atoms with Gasteiger partial charge in [0.05, 0.1) is 0 Å². The summed E-state index contributed by atoms with van der Waals surface area (Å²) >= 11 is 0. The quantitative estimate of drug-likeness (QED) is 0.825. The molecule has 118 valence electrons. The third kappa shape index (κ3) is 3.41. The molecule has 0 radical (unpaired) electrons. The highest BCUT2D eigenvalue weighted by Gasteiger charge is 2.18. The minimum absolute atomic E-state index is 0.611. The molecule has 0 aromatic carbocycles. The van der Waals surface area contributed by atoms with Crippen LogP contribution in [0.15, 0.2) is 18.5 Å². The average Bonchev–Trinajstić information content (AvgIpc) is 3.08. The van der Waals surface area contributed by atoms with E-state index in [4.69, 9.17) is 0 Å². The molecule has 22 heavy (non-hydrogen) atoms. The molecular formula is C15H23N7. The van der Waals surface area contributed by atoms with Crippen molar-refractivity contribution in [2.45, 2.75) is 26.2 Å². The second kappa shape index (κ2) is 6.83. The van der Waals surface area contributed by atoms with E-state index in [0.717, 1.165) is 57.2 Å². The topological polar surface area (TPSA) is 63.0 Å². The molecule has 1 fully saturated rings. The van der Waals surface area contributed by atoms with E-state index in [1.807, 2.05) is 12.3 Å². The highest BCUT2D eigenvalue weighted by molar-refractivity contribution is 5.33. The fourth-order valence-corrected chi connectivity index (χ4v) is 2.48. The van der Waals surface area contributed by atoms with E-state index in [2.05, 4.69) is 43.8 Å². The Morgan fingerprint density at radius 3 is 2.50 bits per heavy atom. The van der Waals surface area contributed by atoms with Gasteiger partial charge in [0.15, 0.2) is 0 Å². The predicted molar refractivity (Wildman–Crippen MR) is 85.3 cm³/mol. The Hall–Kier alpha value is -2.02. The maximum Gasteiger partial charge on any atom is 0.255 e. The molecule has 0 saturated carbocycles. The van der Waals surface area contributed by atoms with E-state index in [1.54, 1.807) is 10.9 Å². The molecular weight excluding hydrogens is 278 g/mol. The number of rotatable bonds is 5. The molecule has 2 aromatic heterocycles. The molecule has 3 rings (SSSR count). The number of piperazine rings is 1. The third-order valence-electron chi connectivity index (χ3n) is 3.91. The van der Waals surface area contributed by atoms with Gasteiger partial charge in [-0.3, -0.25) is 0 Å². The zero-order valence-electron chi connectivity index (χ0n) is 13.3. The first kappa shape index (κ1) is 14.9. The van der Waals surface area contributed by atoms with Gasteiger partial charge >= 0.3 is 0 Å². The van der Waals surface area contributed by atoms with Gasteiger partial charge in [0, 0.05) is 45.0 Å². The van der Waals surface area contributed by atoms with Gasteiger partial charge in [-0.2, -0.15) is 20.1 Å². The van der Waals surface area contributed by atoms with Crippen molar-refractivity contribution < 1.29 is 0 Å². The smallest absolute Gasteiger partial charge is 0.255 e. The Balaban J connectivity index is 1.89. The van der Waals surface area contributed by atoms with Crippen LogP contribution in [0.3, 0.4) is 0 Å². The summed E-state index contributed by atoms with van der Waals surface area (Å²) < 4.78 is 1.71. The maximum absolute atomic E-state index is 4.67. The van der Waals surface area contributed by atoms with Crippen LogP contribution in [0.1, 0.15) is 25.6 Å². The minimum atomic E-state index is 0.611. The van der Waals surface area contributed by atoms with E-state index in [9.17, 15) is 0 Å². The third-order valence-corrected chi connectivity index (χ3v) is 3.91. The van der Waals surface area contributed by atoms with Crippen molar-refractivity contribution in [2.24, 2.45) is 0 Å². The number of aromatic nitrogens is 5. The molecule has 2 aromatic rings. The Kier molecular flexibility index (Phi) is 4.62. The monoisotopic (exact) mass is 301 g/mol.